The predicted molar refractivity (Wildman–Crippen MR) is 132 cm³/mol. The molecule has 0 unspecified atom stereocenters. The van der Waals surface area contributed by atoms with Gasteiger partial charge in [0.25, 0.3) is 5.91 Å². The van der Waals surface area contributed by atoms with Crippen molar-refractivity contribution >= 4 is 29.3 Å². The van der Waals surface area contributed by atoms with Crippen molar-refractivity contribution in [1.82, 2.24) is 14.9 Å². The molecule has 0 bridgehead atoms. The lowest BCUT2D eigenvalue weighted by Gasteiger charge is -2.10. The number of imidazole rings is 1. The molecule has 0 radical (unpaired) electrons. The van der Waals surface area contributed by atoms with E-state index in [9.17, 15) is 9.59 Å². The Hall–Kier alpha value is -3.10. The van der Waals surface area contributed by atoms with Gasteiger partial charge in [0.1, 0.15) is 0 Å². The summed E-state index contributed by atoms with van der Waals surface area (Å²) in [5.74, 6) is -0.132. The van der Waals surface area contributed by atoms with Crippen LogP contribution < -0.4 is 10.6 Å². The number of hydrogen-bond donors (Lipinski definition) is 2. The summed E-state index contributed by atoms with van der Waals surface area (Å²) in [7, 11) is 0. The summed E-state index contributed by atoms with van der Waals surface area (Å²) in [4.78, 5) is 29.3. The van der Waals surface area contributed by atoms with Crippen molar-refractivity contribution in [2.75, 3.05) is 30.8 Å². The van der Waals surface area contributed by atoms with Crippen molar-refractivity contribution in [3.63, 3.8) is 0 Å². The minimum atomic E-state index is -0.174. The lowest BCUT2D eigenvalue weighted by Crippen LogP contribution is -2.25. The number of thioether (sulfide) groups is 1. The molecule has 33 heavy (non-hydrogen) atoms. The summed E-state index contributed by atoms with van der Waals surface area (Å²) in [5, 5.41) is 6.47. The molecule has 2 amide bonds. The normalized spacial score (nSPS) is 10.8. The third kappa shape index (κ3) is 7.47. The zero-order valence-electron chi connectivity index (χ0n) is 19.3. The van der Waals surface area contributed by atoms with Gasteiger partial charge in [-0.2, -0.15) is 0 Å². The third-order valence-electron chi connectivity index (χ3n) is 4.79. The van der Waals surface area contributed by atoms with Gasteiger partial charge in [0.2, 0.25) is 5.91 Å². The van der Waals surface area contributed by atoms with Crippen LogP contribution in [0.15, 0.2) is 60.0 Å². The largest absolute Gasteiger partial charge is 0.382 e. The fourth-order valence-electron chi connectivity index (χ4n) is 3.37. The Morgan fingerprint density at radius 3 is 2.67 bits per heavy atom. The van der Waals surface area contributed by atoms with E-state index in [0.717, 1.165) is 17.3 Å². The summed E-state index contributed by atoms with van der Waals surface area (Å²) in [5.41, 5.74) is 4.45. The molecule has 0 fully saturated rings. The summed E-state index contributed by atoms with van der Waals surface area (Å²) < 4.78 is 7.25. The Morgan fingerprint density at radius 1 is 1.12 bits per heavy atom. The second-order valence-corrected chi connectivity index (χ2v) is 8.59. The number of nitrogens with zero attached hydrogens (tertiary/aromatic N) is 2. The summed E-state index contributed by atoms with van der Waals surface area (Å²) >= 11 is 1.36. The molecule has 1 heterocycles. The van der Waals surface area contributed by atoms with Gasteiger partial charge in [-0.25, -0.2) is 4.98 Å². The summed E-state index contributed by atoms with van der Waals surface area (Å²) in [6.45, 7) is 7.88. The number of carbonyl (C=O) groups is 2. The molecule has 0 spiro atoms. The monoisotopic (exact) mass is 466 g/mol. The first-order valence-corrected chi connectivity index (χ1v) is 12.0. The van der Waals surface area contributed by atoms with Crippen LogP contribution in [0.25, 0.3) is 5.69 Å². The zero-order chi connectivity index (χ0) is 23.6. The Morgan fingerprint density at radius 2 is 1.91 bits per heavy atom. The van der Waals surface area contributed by atoms with Gasteiger partial charge in [-0.15, -0.1) is 0 Å². The van der Waals surface area contributed by atoms with E-state index in [1.165, 1.54) is 22.9 Å². The van der Waals surface area contributed by atoms with Crippen molar-refractivity contribution in [2.45, 2.75) is 32.3 Å². The molecule has 0 aliphatic carbocycles. The van der Waals surface area contributed by atoms with E-state index in [4.69, 9.17) is 4.74 Å². The maximum atomic E-state index is 12.5. The maximum Gasteiger partial charge on any atom is 0.251 e. The second-order valence-electron chi connectivity index (χ2n) is 7.65. The van der Waals surface area contributed by atoms with Gasteiger partial charge in [0.05, 0.1) is 5.75 Å². The van der Waals surface area contributed by atoms with Crippen LogP contribution in [-0.4, -0.2) is 46.9 Å². The number of amides is 2. The number of benzene rings is 2. The number of aryl methyl sites for hydroxylation is 2. The molecule has 0 aliphatic heterocycles. The van der Waals surface area contributed by atoms with Crippen LogP contribution in [0.1, 0.15) is 34.8 Å². The van der Waals surface area contributed by atoms with Crippen LogP contribution in [0.2, 0.25) is 0 Å². The smallest absolute Gasteiger partial charge is 0.251 e. The predicted octanol–water partition coefficient (Wildman–Crippen LogP) is 4.38. The molecule has 0 saturated heterocycles. The maximum absolute atomic E-state index is 12.5. The van der Waals surface area contributed by atoms with Crippen LogP contribution in [0.4, 0.5) is 5.69 Å². The number of aromatic nitrogens is 2. The molecular weight excluding hydrogens is 436 g/mol. The average molecular weight is 467 g/mol. The molecule has 2 aromatic carbocycles. The third-order valence-corrected chi connectivity index (χ3v) is 5.75. The SMILES string of the molecule is CCOCCCNC(=O)c1cccc(NC(=O)CSc2nccn2-c2cc(C)cc(C)c2)c1. The molecule has 7 nitrogen and oxygen atoms in total. The average Bonchev–Trinajstić information content (AvgIpc) is 3.26. The highest BCUT2D eigenvalue weighted by Gasteiger charge is 2.11. The van der Waals surface area contributed by atoms with Crippen LogP contribution in [-0.2, 0) is 9.53 Å². The van der Waals surface area contributed by atoms with Gasteiger partial charge >= 0.3 is 0 Å². The molecular formula is C25H30N4O3S. The Kier molecular flexibility index (Phi) is 9.09. The van der Waals surface area contributed by atoms with Gasteiger partial charge < -0.3 is 15.4 Å². The summed E-state index contributed by atoms with van der Waals surface area (Å²) in [6, 6.07) is 13.2. The van der Waals surface area contributed by atoms with E-state index in [0.29, 0.717) is 31.0 Å². The van der Waals surface area contributed by atoms with Gasteiger partial charge in [0, 0.05) is 49.1 Å². The summed E-state index contributed by atoms with van der Waals surface area (Å²) in [6.07, 6.45) is 4.38. The van der Waals surface area contributed by atoms with E-state index >= 15 is 0 Å². The van der Waals surface area contributed by atoms with Gasteiger partial charge in [0.15, 0.2) is 5.16 Å². The molecule has 0 aliphatic rings. The quantitative estimate of drug-likeness (QED) is 0.324. The lowest BCUT2D eigenvalue weighted by molar-refractivity contribution is -0.113. The Bertz CT molecular complexity index is 1080. The number of rotatable bonds is 11. The first-order chi connectivity index (χ1) is 16.0. The van der Waals surface area contributed by atoms with Crippen molar-refractivity contribution in [3.05, 3.63) is 71.5 Å². The zero-order valence-corrected chi connectivity index (χ0v) is 20.1. The number of nitrogens with one attached hydrogen (secondary N) is 2. The van der Waals surface area contributed by atoms with Crippen molar-refractivity contribution < 1.29 is 14.3 Å². The molecule has 174 valence electrons. The van der Waals surface area contributed by atoms with Crippen LogP contribution in [0.5, 0.6) is 0 Å². The minimum absolute atomic E-state index is 0.163. The Labute approximate surface area is 198 Å². The van der Waals surface area contributed by atoms with Crippen molar-refractivity contribution in [3.8, 4) is 5.69 Å². The second kappa shape index (κ2) is 12.2. The van der Waals surface area contributed by atoms with E-state index in [1.807, 2.05) is 17.7 Å². The minimum Gasteiger partial charge on any atom is -0.382 e. The van der Waals surface area contributed by atoms with Crippen LogP contribution >= 0.6 is 11.8 Å². The van der Waals surface area contributed by atoms with Crippen molar-refractivity contribution in [2.24, 2.45) is 0 Å². The standard InChI is InChI=1S/C25H30N4O3S/c1-4-32-12-6-9-26-24(31)20-7-5-8-21(16-20)28-23(30)17-33-25-27-10-11-29(25)22-14-18(2)13-19(3)15-22/h5,7-8,10-11,13-16H,4,6,9,12,17H2,1-3H3,(H,26,31)(H,28,30). The molecule has 1 aromatic heterocycles. The van der Waals surface area contributed by atoms with E-state index < -0.39 is 0 Å². The molecule has 0 saturated carbocycles. The van der Waals surface area contributed by atoms with Crippen molar-refractivity contribution in [1.29, 1.82) is 0 Å². The highest BCUT2D eigenvalue weighted by atomic mass is 32.2. The number of anilines is 1. The van der Waals surface area contributed by atoms with Crippen LogP contribution in [0, 0.1) is 13.8 Å². The van der Waals surface area contributed by atoms with Gasteiger partial charge in [-0.3, -0.25) is 14.2 Å². The highest BCUT2D eigenvalue weighted by Crippen LogP contribution is 2.22. The molecule has 8 heteroatoms. The highest BCUT2D eigenvalue weighted by molar-refractivity contribution is 7.99. The van der Waals surface area contributed by atoms with E-state index in [-0.39, 0.29) is 17.6 Å². The van der Waals surface area contributed by atoms with Gasteiger partial charge in [-0.1, -0.05) is 23.9 Å². The number of carbonyl (C=O) groups excluding carboxylic acids is 2. The molecule has 2 N–H and O–H groups in total. The Balaban J connectivity index is 1.54. The van der Waals surface area contributed by atoms with E-state index in [2.05, 4.69) is 47.7 Å². The molecule has 3 aromatic rings. The fourth-order valence-corrected chi connectivity index (χ4v) is 4.14. The van der Waals surface area contributed by atoms with E-state index in [1.54, 1.807) is 30.5 Å². The number of ether oxygens (including phenoxy) is 1. The topological polar surface area (TPSA) is 85.2 Å². The van der Waals surface area contributed by atoms with Crippen LogP contribution in [0.3, 0.4) is 0 Å². The number of hydrogen-bond acceptors (Lipinski definition) is 5. The molecule has 3 rings (SSSR count). The van der Waals surface area contributed by atoms with Gasteiger partial charge in [-0.05, 0) is 68.7 Å². The molecule has 0 atom stereocenters. The lowest BCUT2D eigenvalue weighted by atomic mass is 10.1. The fraction of sp³-hybridized carbons (Fsp3) is 0.320. The first-order valence-electron chi connectivity index (χ1n) is 11.0. The first kappa shape index (κ1) is 24.5.